The van der Waals surface area contributed by atoms with E-state index in [1.54, 1.807) is 11.3 Å². The molecule has 16 heavy (non-hydrogen) atoms. The van der Waals surface area contributed by atoms with E-state index in [-0.39, 0.29) is 17.7 Å². The maximum absolute atomic E-state index is 11.6. The first kappa shape index (κ1) is 11.1. The minimum atomic E-state index is -0.185. The lowest BCUT2D eigenvalue weighted by atomic mass is 10.1. The summed E-state index contributed by atoms with van der Waals surface area (Å²) in [5, 5.41) is 9.61. The highest BCUT2D eigenvalue weighted by Gasteiger charge is 2.27. The summed E-state index contributed by atoms with van der Waals surface area (Å²) >= 11 is 1.66. The Kier molecular flexibility index (Phi) is 3.56. The van der Waals surface area contributed by atoms with E-state index in [2.05, 4.69) is 22.1 Å². The highest BCUT2D eigenvalue weighted by molar-refractivity contribution is 7.07. The summed E-state index contributed by atoms with van der Waals surface area (Å²) < 4.78 is 0. The van der Waals surface area contributed by atoms with Gasteiger partial charge in [0.2, 0.25) is 11.8 Å². The minimum Gasteiger partial charge on any atom is -0.355 e. The Morgan fingerprint density at radius 3 is 3.12 bits per heavy atom. The topological polar surface area (TPSA) is 58.2 Å². The fraction of sp³-hybridized carbons (Fsp3) is 0.455. The Morgan fingerprint density at radius 1 is 1.62 bits per heavy atom. The van der Waals surface area contributed by atoms with Crippen LogP contribution in [0.2, 0.25) is 0 Å². The molecule has 1 aliphatic heterocycles. The van der Waals surface area contributed by atoms with E-state index in [9.17, 15) is 9.59 Å². The normalized spacial score (nSPS) is 19.5. The van der Waals surface area contributed by atoms with E-state index in [0.717, 1.165) is 6.42 Å². The molecule has 1 fully saturated rings. The second kappa shape index (κ2) is 5.12. The second-order valence-corrected chi connectivity index (χ2v) is 4.66. The van der Waals surface area contributed by atoms with Crippen LogP contribution in [0.15, 0.2) is 16.8 Å². The van der Waals surface area contributed by atoms with E-state index in [1.165, 1.54) is 5.56 Å². The van der Waals surface area contributed by atoms with E-state index >= 15 is 0 Å². The standard InChI is InChI=1S/C11H14N2O2S/c14-10-5-9(6-13-10)11(15)12-3-1-8-2-4-16-7-8/h2,4,7,9H,1,3,5-6H2,(H,12,15)(H,13,14). The first-order chi connectivity index (χ1) is 7.75. The lowest BCUT2D eigenvalue weighted by Crippen LogP contribution is -2.33. The molecule has 0 aromatic carbocycles. The number of thiophene rings is 1. The smallest absolute Gasteiger partial charge is 0.225 e. The molecule has 2 amide bonds. The summed E-state index contributed by atoms with van der Waals surface area (Å²) in [5.41, 5.74) is 1.24. The van der Waals surface area contributed by atoms with Crippen molar-refractivity contribution in [2.45, 2.75) is 12.8 Å². The summed E-state index contributed by atoms with van der Waals surface area (Å²) in [6.45, 7) is 1.11. The van der Waals surface area contributed by atoms with E-state index in [1.807, 2.05) is 5.38 Å². The van der Waals surface area contributed by atoms with Crippen LogP contribution in [0.5, 0.6) is 0 Å². The fourth-order valence-corrected chi connectivity index (χ4v) is 2.40. The first-order valence-electron chi connectivity index (χ1n) is 5.31. The van der Waals surface area contributed by atoms with Crippen molar-refractivity contribution in [2.75, 3.05) is 13.1 Å². The minimum absolute atomic E-state index is 0.0198. The molecule has 0 aliphatic carbocycles. The van der Waals surface area contributed by atoms with Gasteiger partial charge < -0.3 is 10.6 Å². The third-order valence-corrected chi connectivity index (χ3v) is 3.37. The van der Waals surface area contributed by atoms with Crippen LogP contribution in [0, 0.1) is 5.92 Å². The van der Waals surface area contributed by atoms with Crippen LogP contribution < -0.4 is 10.6 Å². The average Bonchev–Trinajstić information content (AvgIpc) is 2.89. The van der Waals surface area contributed by atoms with Gasteiger partial charge in [0.15, 0.2) is 0 Å². The molecule has 2 rings (SSSR count). The molecule has 1 unspecified atom stereocenters. The number of hydrogen-bond donors (Lipinski definition) is 2. The number of carbonyl (C=O) groups is 2. The molecule has 2 N–H and O–H groups in total. The van der Waals surface area contributed by atoms with E-state index in [4.69, 9.17) is 0 Å². The fourth-order valence-electron chi connectivity index (χ4n) is 1.70. The quantitative estimate of drug-likeness (QED) is 0.804. The van der Waals surface area contributed by atoms with Crippen molar-refractivity contribution in [3.63, 3.8) is 0 Å². The number of nitrogens with one attached hydrogen (secondary N) is 2. The maximum Gasteiger partial charge on any atom is 0.225 e. The zero-order valence-electron chi connectivity index (χ0n) is 8.86. The molecule has 1 atom stereocenters. The molecule has 1 saturated heterocycles. The maximum atomic E-state index is 11.6. The molecule has 0 bridgehead atoms. The molecular formula is C11H14N2O2S. The summed E-state index contributed by atoms with van der Waals surface area (Å²) in [7, 11) is 0. The summed E-state index contributed by atoms with van der Waals surface area (Å²) in [6.07, 6.45) is 1.17. The van der Waals surface area contributed by atoms with Crippen LogP contribution in [-0.2, 0) is 16.0 Å². The lowest BCUT2D eigenvalue weighted by Gasteiger charge is -2.08. The molecule has 86 valence electrons. The molecule has 1 aromatic rings. The van der Waals surface area contributed by atoms with Crippen molar-refractivity contribution in [3.8, 4) is 0 Å². The molecule has 2 heterocycles. The van der Waals surface area contributed by atoms with Gasteiger partial charge in [-0.3, -0.25) is 9.59 Å². The molecule has 0 radical (unpaired) electrons. The van der Waals surface area contributed by atoms with Crippen molar-refractivity contribution >= 4 is 23.2 Å². The predicted molar refractivity (Wildman–Crippen MR) is 62.1 cm³/mol. The van der Waals surface area contributed by atoms with E-state index < -0.39 is 0 Å². The SMILES string of the molecule is O=C1CC(C(=O)NCCc2ccsc2)CN1. The molecule has 0 spiro atoms. The van der Waals surface area contributed by atoms with Gasteiger partial charge in [-0.1, -0.05) is 0 Å². The Hall–Kier alpha value is -1.36. The van der Waals surface area contributed by atoms with Gasteiger partial charge in [0, 0.05) is 19.5 Å². The van der Waals surface area contributed by atoms with Gasteiger partial charge in [0.05, 0.1) is 5.92 Å². The molecule has 4 nitrogen and oxygen atoms in total. The largest absolute Gasteiger partial charge is 0.355 e. The number of rotatable bonds is 4. The summed E-state index contributed by atoms with van der Waals surface area (Å²) in [4.78, 5) is 22.5. The van der Waals surface area contributed by atoms with Crippen LogP contribution in [0.3, 0.4) is 0 Å². The van der Waals surface area contributed by atoms with Crippen LogP contribution in [-0.4, -0.2) is 24.9 Å². The van der Waals surface area contributed by atoms with Gasteiger partial charge in [0.25, 0.3) is 0 Å². The Labute approximate surface area is 98.0 Å². The van der Waals surface area contributed by atoms with Crippen molar-refractivity contribution in [1.29, 1.82) is 0 Å². The van der Waals surface area contributed by atoms with Crippen LogP contribution in [0.25, 0.3) is 0 Å². The summed E-state index contributed by atoms with van der Waals surface area (Å²) in [6, 6.07) is 2.05. The molecule has 1 aromatic heterocycles. The summed E-state index contributed by atoms with van der Waals surface area (Å²) in [5.74, 6) is -0.235. The Bertz CT molecular complexity index is 375. The highest BCUT2D eigenvalue weighted by Crippen LogP contribution is 2.09. The second-order valence-electron chi connectivity index (χ2n) is 3.88. The van der Waals surface area contributed by atoms with Crippen molar-refractivity contribution < 1.29 is 9.59 Å². The van der Waals surface area contributed by atoms with Crippen LogP contribution in [0.4, 0.5) is 0 Å². The molecule has 5 heteroatoms. The first-order valence-corrected chi connectivity index (χ1v) is 6.25. The van der Waals surface area contributed by atoms with Crippen LogP contribution in [0.1, 0.15) is 12.0 Å². The molecule has 1 aliphatic rings. The predicted octanol–water partition coefficient (Wildman–Crippen LogP) is 0.543. The van der Waals surface area contributed by atoms with Crippen molar-refractivity contribution in [2.24, 2.45) is 5.92 Å². The van der Waals surface area contributed by atoms with E-state index in [0.29, 0.717) is 19.5 Å². The molecule has 0 saturated carbocycles. The molecular weight excluding hydrogens is 224 g/mol. The van der Waals surface area contributed by atoms with Gasteiger partial charge in [-0.15, -0.1) is 0 Å². The zero-order valence-corrected chi connectivity index (χ0v) is 9.68. The number of amides is 2. The van der Waals surface area contributed by atoms with Crippen molar-refractivity contribution in [1.82, 2.24) is 10.6 Å². The Balaban J connectivity index is 1.70. The van der Waals surface area contributed by atoms with Gasteiger partial charge in [-0.25, -0.2) is 0 Å². The monoisotopic (exact) mass is 238 g/mol. The highest BCUT2D eigenvalue weighted by atomic mass is 32.1. The third kappa shape index (κ3) is 2.82. The Morgan fingerprint density at radius 2 is 2.50 bits per heavy atom. The lowest BCUT2D eigenvalue weighted by molar-refractivity contribution is -0.126. The van der Waals surface area contributed by atoms with Gasteiger partial charge in [-0.2, -0.15) is 11.3 Å². The van der Waals surface area contributed by atoms with Crippen molar-refractivity contribution in [3.05, 3.63) is 22.4 Å². The zero-order chi connectivity index (χ0) is 11.4. The van der Waals surface area contributed by atoms with Gasteiger partial charge in [-0.05, 0) is 28.8 Å². The van der Waals surface area contributed by atoms with Crippen LogP contribution >= 0.6 is 11.3 Å². The van der Waals surface area contributed by atoms with Gasteiger partial charge in [0.1, 0.15) is 0 Å². The number of hydrogen-bond acceptors (Lipinski definition) is 3. The number of carbonyl (C=O) groups excluding carboxylic acids is 2. The van der Waals surface area contributed by atoms with Gasteiger partial charge >= 0.3 is 0 Å². The third-order valence-electron chi connectivity index (χ3n) is 2.64. The average molecular weight is 238 g/mol.